The fraction of sp³-hybridized carbons (Fsp3) is 0.259. The van der Waals surface area contributed by atoms with Gasteiger partial charge in [0.15, 0.2) is 5.65 Å². The first-order valence-electron chi connectivity index (χ1n) is 12.0. The van der Waals surface area contributed by atoms with Crippen LogP contribution in [-0.2, 0) is 11.2 Å². The van der Waals surface area contributed by atoms with E-state index in [1.54, 1.807) is 23.1 Å². The van der Waals surface area contributed by atoms with Crippen LogP contribution in [0.25, 0.3) is 22.3 Å². The molecule has 37 heavy (non-hydrogen) atoms. The van der Waals surface area contributed by atoms with E-state index >= 15 is 0 Å². The quantitative estimate of drug-likeness (QED) is 0.264. The molecular weight excluding hydrogens is 495 g/mol. The van der Waals surface area contributed by atoms with Gasteiger partial charge in [0.1, 0.15) is 29.4 Å². The van der Waals surface area contributed by atoms with Gasteiger partial charge in [0.25, 0.3) is 0 Å². The molecule has 3 heterocycles. The van der Waals surface area contributed by atoms with Gasteiger partial charge in [-0.3, -0.25) is 4.79 Å². The Morgan fingerprint density at radius 2 is 2.14 bits per heavy atom. The van der Waals surface area contributed by atoms with Gasteiger partial charge in [-0.25, -0.2) is 19.0 Å². The number of anilines is 1. The number of carbonyl (C=O) groups excluding carboxylic acids is 1. The minimum absolute atomic E-state index is 0.0504. The van der Waals surface area contributed by atoms with Crippen LogP contribution >= 0.6 is 11.6 Å². The van der Waals surface area contributed by atoms with E-state index in [1.165, 1.54) is 24.5 Å². The van der Waals surface area contributed by atoms with Crippen LogP contribution in [0.15, 0.2) is 61.4 Å². The predicted molar refractivity (Wildman–Crippen MR) is 141 cm³/mol. The van der Waals surface area contributed by atoms with Crippen LogP contribution in [-0.4, -0.2) is 50.3 Å². The Kier molecular flexibility index (Phi) is 7.05. The molecule has 1 fully saturated rings. The average Bonchev–Trinajstić information content (AvgIpc) is 3.53. The van der Waals surface area contributed by atoms with Crippen molar-refractivity contribution >= 4 is 34.4 Å². The molecule has 0 bridgehead atoms. The fourth-order valence-corrected chi connectivity index (χ4v) is 4.87. The highest BCUT2D eigenvalue weighted by Crippen LogP contribution is 2.36. The molecule has 2 N–H and O–H groups in total. The van der Waals surface area contributed by atoms with Crippen LogP contribution in [0.3, 0.4) is 0 Å². The number of benzene rings is 2. The minimum atomic E-state index is -0.242. The molecule has 1 saturated heterocycles. The van der Waals surface area contributed by atoms with E-state index in [4.69, 9.17) is 27.2 Å². The maximum atomic E-state index is 13.4. The van der Waals surface area contributed by atoms with Gasteiger partial charge in [0, 0.05) is 18.7 Å². The highest BCUT2D eigenvalue weighted by molar-refractivity contribution is 6.32. The van der Waals surface area contributed by atoms with E-state index in [9.17, 15) is 9.18 Å². The normalized spacial score (nSPS) is 15.3. The number of amides is 1. The summed E-state index contributed by atoms with van der Waals surface area (Å²) in [4.78, 5) is 22.4. The van der Waals surface area contributed by atoms with E-state index < -0.39 is 0 Å². The molecule has 1 atom stereocenters. The number of hydrogen-bond acceptors (Lipinski definition) is 6. The van der Waals surface area contributed by atoms with Crippen LogP contribution in [0.5, 0.6) is 5.75 Å². The largest absolute Gasteiger partial charge is 0.492 e. The minimum Gasteiger partial charge on any atom is -0.492 e. The zero-order valence-corrected chi connectivity index (χ0v) is 20.9. The number of nitrogens with zero attached hydrogens (tertiary/aromatic N) is 5. The number of nitrogens with two attached hydrogens (primary N) is 1. The van der Waals surface area contributed by atoms with Gasteiger partial charge in [0.2, 0.25) is 5.91 Å². The van der Waals surface area contributed by atoms with Gasteiger partial charge >= 0.3 is 0 Å². The van der Waals surface area contributed by atoms with Crippen LogP contribution in [0.2, 0.25) is 5.02 Å². The van der Waals surface area contributed by atoms with Crippen LogP contribution < -0.4 is 10.5 Å². The smallest absolute Gasteiger partial charge is 0.246 e. The Morgan fingerprint density at radius 3 is 2.92 bits per heavy atom. The molecule has 0 spiro atoms. The second kappa shape index (κ2) is 10.6. The standard InChI is InChI=1S/C27H26ClFN6O2/c1-2-23(36)34-11-10-20(15-34)35-27-24(26(30)31-16-32-27)25(33-35)18-8-9-22(21(28)14-18)37-12-4-6-17-5-3-7-19(29)13-17/h2-3,5,7-9,13-14,16,20H,1,4,6,10-12,15H2,(H2,30,31,32). The summed E-state index contributed by atoms with van der Waals surface area (Å²) >= 11 is 6.57. The molecule has 10 heteroatoms. The fourth-order valence-electron chi connectivity index (χ4n) is 4.64. The second-order valence-electron chi connectivity index (χ2n) is 8.91. The lowest BCUT2D eigenvalue weighted by Gasteiger charge is -2.14. The maximum Gasteiger partial charge on any atom is 0.246 e. The summed E-state index contributed by atoms with van der Waals surface area (Å²) in [5, 5.41) is 5.92. The zero-order chi connectivity index (χ0) is 25.9. The maximum absolute atomic E-state index is 13.4. The van der Waals surface area contributed by atoms with Crippen LogP contribution in [0, 0.1) is 5.82 Å². The lowest BCUT2D eigenvalue weighted by molar-refractivity contribution is -0.125. The number of fused-ring (bicyclic) bond motifs is 1. The number of nitrogen functional groups attached to an aromatic ring is 1. The lowest BCUT2D eigenvalue weighted by Crippen LogP contribution is -2.27. The van der Waals surface area contributed by atoms with Crippen molar-refractivity contribution in [3.63, 3.8) is 0 Å². The van der Waals surface area contributed by atoms with Gasteiger partial charge in [-0.2, -0.15) is 5.10 Å². The molecule has 1 amide bonds. The molecule has 0 saturated carbocycles. The summed E-state index contributed by atoms with van der Waals surface area (Å²) in [7, 11) is 0. The van der Waals surface area contributed by atoms with E-state index in [1.807, 2.05) is 16.8 Å². The number of aromatic nitrogens is 4. The first-order chi connectivity index (χ1) is 17.9. The van der Waals surface area contributed by atoms with Gasteiger partial charge in [-0.05, 0) is 61.2 Å². The summed E-state index contributed by atoms with van der Waals surface area (Å²) in [5.41, 5.74) is 9.14. The van der Waals surface area contributed by atoms with Crippen molar-refractivity contribution in [1.82, 2.24) is 24.6 Å². The number of hydrogen-bond donors (Lipinski definition) is 1. The Labute approximate surface area is 218 Å². The van der Waals surface area contributed by atoms with Crippen molar-refractivity contribution in [2.75, 3.05) is 25.4 Å². The topological polar surface area (TPSA) is 99.2 Å². The molecule has 1 aliphatic rings. The van der Waals surface area contributed by atoms with E-state index in [0.717, 1.165) is 24.0 Å². The van der Waals surface area contributed by atoms with Crippen molar-refractivity contribution in [3.8, 4) is 17.0 Å². The molecular formula is C27H26ClFN6O2. The van der Waals surface area contributed by atoms with Crippen LogP contribution in [0.1, 0.15) is 24.4 Å². The molecule has 2 aromatic carbocycles. The molecule has 8 nitrogen and oxygen atoms in total. The summed E-state index contributed by atoms with van der Waals surface area (Å²) in [6.07, 6.45) is 4.89. The van der Waals surface area contributed by atoms with Crippen molar-refractivity contribution < 1.29 is 13.9 Å². The van der Waals surface area contributed by atoms with E-state index in [-0.39, 0.29) is 17.8 Å². The molecule has 0 aliphatic carbocycles. The highest BCUT2D eigenvalue weighted by Gasteiger charge is 2.30. The Balaban J connectivity index is 1.35. The summed E-state index contributed by atoms with van der Waals surface area (Å²) < 4.78 is 21.1. The average molecular weight is 521 g/mol. The molecule has 5 rings (SSSR count). The Morgan fingerprint density at radius 1 is 1.27 bits per heavy atom. The first-order valence-corrected chi connectivity index (χ1v) is 12.4. The van der Waals surface area contributed by atoms with Gasteiger partial charge < -0.3 is 15.4 Å². The number of halogens is 2. The van der Waals surface area contributed by atoms with E-state index in [0.29, 0.717) is 59.4 Å². The number of likely N-dealkylation sites (tertiary alicyclic amines) is 1. The zero-order valence-electron chi connectivity index (χ0n) is 20.1. The molecule has 1 unspecified atom stereocenters. The van der Waals surface area contributed by atoms with Gasteiger partial charge in [-0.15, -0.1) is 0 Å². The SMILES string of the molecule is C=CC(=O)N1CCC(n2nc(-c3ccc(OCCCc4cccc(F)c4)c(Cl)c3)c3c(N)ncnc32)C1. The number of ether oxygens (including phenoxy) is 1. The number of rotatable bonds is 8. The molecule has 4 aromatic rings. The van der Waals surface area contributed by atoms with Crippen molar-refractivity contribution in [3.05, 3.63) is 77.9 Å². The van der Waals surface area contributed by atoms with E-state index in [2.05, 4.69) is 16.5 Å². The molecule has 190 valence electrons. The Hall–Kier alpha value is -3.98. The third-order valence-electron chi connectivity index (χ3n) is 6.48. The third-order valence-corrected chi connectivity index (χ3v) is 6.77. The van der Waals surface area contributed by atoms with Crippen molar-refractivity contribution in [1.29, 1.82) is 0 Å². The highest BCUT2D eigenvalue weighted by atomic mass is 35.5. The Bertz CT molecular complexity index is 1470. The van der Waals surface area contributed by atoms with Crippen molar-refractivity contribution in [2.24, 2.45) is 0 Å². The summed E-state index contributed by atoms with van der Waals surface area (Å²) in [6, 6.07) is 12.0. The number of aryl methyl sites for hydroxylation is 1. The third kappa shape index (κ3) is 5.13. The van der Waals surface area contributed by atoms with Crippen LogP contribution in [0.4, 0.5) is 10.2 Å². The monoisotopic (exact) mass is 520 g/mol. The molecule has 0 radical (unpaired) electrons. The van der Waals surface area contributed by atoms with Crippen molar-refractivity contribution in [2.45, 2.75) is 25.3 Å². The lowest BCUT2D eigenvalue weighted by atomic mass is 10.1. The predicted octanol–water partition coefficient (Wildman–Crippen LogP) is 4.84. The summed E-state index contributed by atoms with van der Waals surface area (Å²) in [5.74, 6) is 0.518. The summed E-state index contributed by atoms with van der Waals surface area (Å²) in [6.45, 7) is 5.14. The molecule has 2 aromatic heterocycles. The first kappa shape index (κ1) is 24.7. The van der Waals surface area contributed by atoms with Gasteiger partial charge in [-0.1, -0.05) is 30.3 Å². The van der Waals surface area contributed by atoms with Gasteiger partial charge in [0.05, 0.1) is 23.1 Å². The number of carbonyl (C=O) groups is 1. The molecule has 1 aliphatic heterocycles. The second-order valence-corrected chi connectivity index (χ2v) is 9.32.